The number of fused-ring (bicyclic) bond motifs is 2. The molecule has 0 saturated carbocycles. The van der Waals surface area contributed by atoms with Crippen molar-refractivity contribution in [1.29, 1.82) is 0 Å². The average molecular weight is 859 g/mol. The fraction of sp³-hybridized carbons (Fsp3) is 0.356. The van der Waals surface area contributed by atoms with Gasteiger partial charge in [0.2, 0.25) is 11.8 Å². The molecule has 5 aliphatic rings. The SMILES string of the molecule is O=C1CCC(N2C(=O)c3ccc(N4CCN(CC5CCN(CC#Cc6cccc7c6C(=O)N(C(C(=O)Nc6nccs6)c6cc(F)ccc6O)C7)CC5)CC4)cc3C2=O)C(=O)N1. The summed E-state index contributed by atoms with van der Waals surface area (Å²) >= 11 is 1.20. The van der Waals surface area contributed by atoms with Gasteiger partial charge in [-0.2, -0.15) is 0 Å². The van der Waals surface area contributed by atoms with E-state index in [0.717, 1.165) is 81.4 Å². The number of halogens is 1. The molecule has 9 rings (SSSR count). The highest BCUT2D eigenvalue weighted by Crippen LogP contribution is 2.38. The highest BCUT2D eigenvalue weighted by Gasteiger charge is 2.45. The van der Waals surface area contributed by atoms with Gasteiger partial charge in [0.15, 0.2) is 5.13 Å². The van der Waals surface area contributed by atoms with Crippen LogP contribution in [-0.4, -0.2) is 124 Å². The molecule has 2 unspecified atom stereocenters. The minimum atomic E-state index is -1.33. The van der Waals surface area contributed by atoms with Crippen LogP contribution in [0.15, 0.2) is 66.2 Å². The van der Waals surface area contributed by atoms with E-state index in [1.54, 1.807) is 23.6 Å². The van der Waals surface area contributed by atoms with Crippen LogP contribution in [0.25, 0.3) is 0 Å². The lowest BCUT2D eigenvalue weighted by Gasteiger charge is -2.39. The maximum absolute atomic E-state index is 14.4. The quantitative estimate of drug-likeness (QED) is 0.166. The first kappa shape index (κ1) is 40.9. The van der Waals surface area contributed by atoms with Crippen molar-refractivity contribution < 1.29 is 38.3 Å². The number of phenolic OH excluding ortho intramolecular Hbond substituents is 1. The number of thiazole rings is 1. The number of anilines is 2. The van der Waals surface area contributed by atoms with Gasteiger partial charge in [-0.25, -0.2) is 9.37 Å². The third-order valence-electron chi connectivity index (χ3n) is 12.4. The van der Waals surface area contributed by atoms with Gasteiger partial charge < -0.3 is 14.9 Å². The lowest BCUT2D eigenvalue weighted by atomic mass is 9.96. The second kappa shape index (κ2) is 17.1. The van der Waals surface area contributed by atoms with Crippen LogP contribution < -0.4 is 15.5 Å². The second-order valence-electron chi connectivity index (χ2n) is 16.2. The van der Waals surface area contributed by atoms with E-state index in [1.807, 2.05) is 18.2 Å². The van der Waals surface area contributed by atoms with Crippen molar-refractivity contribution in [2.24, 2.45) is 5.92 Å². The molecule has 15 nitrogen and oxygen atoms in total. The minimum Gasteiger partial charge on any atom is -0.508 e. The van der Waals surface area contributed by atoms with Crippen LogP contribution in [0.5, 0.6) is 5.75 Å². The van der Waals surface area contributed by atoms with Gasteiger partial charge in [0, 0.05) is 74.1 Å². The Morgan fingerprint density at radius 2 is 1.71 bits per heavy atom. The second-order valence-corrected chi connectivity index (χ2v) is 17.1. The number of imide groups is 2. The Labute approximate surface area is 360 Å². The highest BCUT2D eigenvalue weighted by atomic mass is 32.1. The Balaban J connectivity index is 0.771. The van der Waals surface area contributed by atoms with Crippen molar-refractivity contribution in [1.82, 2.24) is 29.9 Å². The Morgan fingerprint density at radius 1 is 0.919 bits per heavy atom. The summed E-state index contributed by atoms with van der Waals surface area (Å²) in [6, 6.07) is 11.7. The molecule has 0 radical (unpaired) electrons. The van der Waals surface area contributed by atoms with E-state index >= 15 is 0 Å². The lowest BCUT2D eigenvalue weighted by Crippen LogP contribution is -2.54. The zero-order valence-corrected chi connectivity index (χ0v) is 34.5. The van der Waals surface area contributed by atoms with E-state index in [0.29, 0.717) is 34.3 Å². The van der Waals surface area contributed by atoms with Gasteiger partial charge in [0.1, 0.15) is 23.7 Å². The molecule has 0 bridgehead atoms. The number of nitrogens with zero attached hydrogens (tertiary/aromatic N) is 6. The van der Waals surface area contributed by atoms with Crippen molar-refractivity contribution in [3.63, 3.8) is 0 Å². The molecular weight excluding hydrogens is 816 g/mol. The third kappa shape index (κ3) is 8.04. The predicted molar refractivity (Wildman–Crippen MR) is 226 cm³/mol. The van der Waals surface area contributed by atoms with Crippen LogP contribution in [-0.2, 0) is 20.9 Å². The topological polar surface area (TPSA) is 176 Å². The highest BCUT2D eigenvalue weighted by molar-refractivity contribution is 7.13. The predicted octanol–water partition coefficient (Wildman–Crippen LogP) is 3.61. The van der Waals surface area contributed by atoms with Crippen LogP contribution in [0.4, 0.5) is 15.2 Å². The summed E-state index contributed by atoms with van der Waals surface area (Å²) in [7, 11) is 0. The van der Waals surface area contributed by atoms with E-state index in [-0.39, 0.29) is 41.8 Å². The zero-order valence-electron chi connectivity index (χ0n) is 33.6. The van der Waals surface area contributed by atoms with Crippen LogP contribution in [0.2, 0.25) is 0 Å². The van der Waals surface area contributed by atoms with E-state index in [4.69, 9.17) is 0 Å². The maximum atomic E-state index is 14.4. The van der Waals surface area contributed by atoms with E-state index in [9.17, 15) is 38.3 Å². The van der Waals surface area contributed by atoms with Gasteiger partial charge in [-0.15, -0.1) is 11.3 Å². The van der Waals surface area contributed by atoms with Crippen molar-refractivity contribution in [2.75, 3.05) is 62.6 Å². The zero-order chi connectivity index (χ0) is 43.1. The number of piperazine rings is 1. The summed E-state index contributed by atoms with van der Waals surface area (Å²) in [5.74, 6) is 2.93. The van der Waals surface area contributed by atoms with Crippen LogP contribution in [0.3, 0.4) is 0 Å². The first-order chi connectivity index (χ1) is 30.0. The number of carbonyl (C=O) groups is 6. The fourth-order valence-corrected chi connectivity index (χ4v) is 9.67. The van der Waals surface area contributed by atoms with Crippen LogP contribution in [0.1, 0.15) is 79.5 Å². The number of piperidine rings is 2. The van der Waals surface area contributed by atoms with E-state index in [2.05, 4.69) is 42.2 Å². The summed E-state index contributed by atoms with van der Waals surface area (Å²) in [6.45, 7) is 6.62. The molecule has 2 atom stereocenters. The molecule has 6 heterocycles. The number of hydrogen-bond acceptors (Lipinski definition) is 12. The molecule has 0 aliphatic carbocycles. The Bertz CT molecular complexity index is 2540. The number of phenols is 1. The molecule has 17 heteroatoms. The Morgan fingerprint density at radius 3 is 2.47 bits per heavy atom. The van der Waals surface area contributed by atoms with Crippen LogP contribution >= 0.6 is 11.3 Å². The number of hydrogen-bond donors (Lipinski definition) is 3. The number of carbonyl (C=O) groups excluding carboxylic acids is 6. The first-order valence-electron chi connectivity index (χ1n) is 20.7. The molecular formula is C45H43FN8O7S. The number of nitrogens with one attached hydrogen (secondary N) is 2. The average Bonchev–Trinajstić information content (AvgIpc) is 3.97. The van der Waals surface area contributed by atoms with E-state index < -0.39 is 53.3 Å². The molecule has 3 saturated heterocycles. The van der Waals surface area contributed by atoms with Crippen molar-refractivity contribution >= 4 is 57.6 Å². The molecule has 0 spiro atoms. The normalized spacial score (nSPS) is 20.2. The number of aromatic hydroxyl groups is 1. The molecule has 1 aromatic heterocycles. The fourth-order valence-electron chi connectivity index (χ4n) is 9.13. The minimum absolute atomic E-state index is 0.0327. The summed E-state index contributed by atoms with van der Waals surface area (Å²) < 4.78 is 14.4. The largest absolute Gasteiger partial charge is 0.508 e. The number of benzene rings is 3. The Hall–Kier alpha value is -6.48. The third-order valence-corrected chi connectivity index (χ3v) is 13.1. The summed E-state index contributed by atoms with van der Waals surface area (Å²) in [6.07, 6.45) is 3.78. The van der Waals surface area contributed by atoms with E-state index in [1.165, 1.54) is 28.5 Å². The smallest absolute Gasteiger partial charge is 0.262 e. The van der Waals surface area contributed by atoms with Gasteiger partial charge >= 0.3 is 0 Å². The standard InChI is InChI=1S/C45H43FN8O7S/c46-30-6-10-36(55)34(23-30)39(41(58)49-45-47-14-22-62-45)53-26-29-4-1-3-28(38(29)44(53)61)5-2-15-50-16-12-27(13-17-50)25-51-18-20-52(21-19-51)31-7-8-32-33(24-31)43(60)54(42(32)59)35-9-11-37(56)48-40(35)57/h1,3-4,6-8,10,14,22-24,27,35,39,55H,9,11-13,15-21,25-26H2,(H,47,49,58)(H,48,56,57). The summed E-state index contributed by atoms with van der Waals surface area (Å²) in [5, 5.41) is 17.6. The molecule has 3 N–H and O–H groups in total. The van der Waals surface area contributed by atoms with Gasteiger partial charge in [-0.3, -0.25) is 54.1 Å². The van der Waals surface area contributed by atoms with Crippen LogP contribution in [0, 0.1) is 23.6 Å². The maximum Gasteiger partial charge on any atom is 0.262 e. The van der Waals surface area contributed by atoms with Gasteiger partial charge in [-0.1, -0.05) is 24.0 Å². The van der Waals surface area contributed by atoms with Crippen molar-refractivity contribution in [3.8, 4) is 17.6 Å². The molecule has 62 heavy (non-hydrogen) atoms. The summed E-state index contributed by atoms with van der Waals surface area (Å²) in [5.41, 5.74) is 2.99. The monoisotopic (exact) mass is 858 g/mol. The number of rotatable bonds is 9. The van der Waals surface area contributed by atoms with Crippen molar-refractivity contribution in [3.05, 3.63) is 105 Å². The molecule has 6 amide bonds. The Kier molecular flexibility index (Phi) is 11.3. The molecule has 3 aromatic carbocycles. The van der Waals surface area contributed by atoms with Gasteiger partial charge in [0.05, 0.1) is 23.2 Å². The van der Waals surface area contributed by atoms with Gasteiger partial charge in [0.25, 0.3) is 23.6 Å². The lowest BCUT2D eigenvalue weighted by molar-refractivity contribution is -0.136. The number of likely N-dealkylation sites (tertiary alicyclic amines) is 1. The number of amides is 6. The molecule has 3 fully saturated rings. The molecule has 5 aliphatic heterocycles. The molecule has 4 aromatic rings. The first-order valence-corrected chi connectivity index (χ1v) is 21.6. The molecule has 318 valence electrons. The van der Waals surface area contributed by atoms with Gasteiger partial charge in [-0.05, 0) is 86.3 Å². The van der Waals surface area contributed by atoms with Crippen molar-refractivity contribution in [2.45, 2.75) is 44.3 Å². The number of aromatic nitrogens is 1. The summed E-state index contributed by atoms with van der Waals surface area (Å²) in [4.78, 5) is 91.7.